The molecule has 1 saturated carbocycles. The standard InChI is InChI=1S/C10H19N5O/c1-7-2-4-10(16,5-3-7)6-12-9-13-8(11)14-15-9/h7,16H,2-6H2,1H3,(H4,11,12,13,14,15). The zero-order chi connectivity index (χ0) is 11.6. The molecule has 1 fully saturated rings. The van der Waals surface area contributed by atoms with E-state index in [1.54, 1.807) is 0 Å². The van der Waals surface area contributed by atoms with E-state index in [9.17, 15) is 5.11 Å². The van der Waals surface area contributed by atoms with Crippen LogP contribution in [0.3, 0.4) is 0 Å². The molecular weight excluding hydrogens is 206 g/mol. The molecule has 0 saturated heterocycles. The lowest BCUT2D eigenvalue weighted by Gasteiger charge is -2.34. The summed E-state index contributed by atoms with van der Waals surface area (Å²) < 4.78 is 0. The van der Waals surface area contributed by atoms with Gasteiger partial charge >= 0.3 is 0 Å². The maximum absolute atomic E-state index is 10.3. The first-order chi connectivity index (χ1) is 7.57. The van der Waals surface area contributed by atoms with Gasteiger partial charge in [-0.25, -0.2) is 5.10 Å². The van der Waals surface area contributed by atoms with Crippen LogP contribution in [0.1, 0.15) is 32.6 Å². The first-order valence-electron chi connectivity index (χ1n) is 5.71. The van der Waals surface area contributed by atoms with E-state index in [4.69, 9.17) is 5.73 Å². The highest BCUT2D eigenvalue weighted by atomic mass is 16.3. The Hall–Kier alpha value is -1.30. The van der Waals surface area contributed by atoms with E-state index < -0.39 is 5.60 Å². The fourth-order valence-corrected chi connectivity index (χ4v) is 2.07. The number of nitrogens with two attached hydrogens (primary N) is 1. The lowest BCUT2D eigenvalue weighted by atomic mass is 9.79. The second kappa shape index (κ2) is 4.29. The van der Waals surface area contributed by atoms with Gasteiger partial charge in [0.25, 0.3) is 0 Å². The molecule has 0 aliphatic heterocycles. The van der Waals surface area contributed by atoms with Gasteiger partial charge in [0.2, 0.25) is 11.9 Å². The largest absolute Gasteiger partial charge is 0.388 e. The predicted octanol–water partition coefficient (Wildman–Crippen LogP) is 0.740. The van der Waals surface area contributed by atoms with E-state index in [0.717, 1.165) is 31.6 Å². The first-order valence-corrected chi connectivity index (χ1v) is 5.71. The average Bonchev–Trinajstić information content (AvgIpc) is 2.67. The number of anilines is 2. The van der Waals surface area contributed by atoms with Gasteiger partial charge in [-0.05, 0) is 31.6 Å². The third kappa shape index (κ3) is 2.63. The van der Waals surface area contributed by atoms with E-state index >= 15 is 0 Å². The topological polar surface area (TPSA) is 99.8 Å². The van der Waals surface area contributed by atoms with Crippen molar-refractivity contribution in [2.24, 2.45) is 5.92 Å². The van der Waals surface area contributed by atoms with E-state index in [1.165, 1.54) is 0 Å². The highest BCUT2D eigenvalue weighted by molar-refractivity contribution is 5.30. The number of nitrogens with zero attached hydrogens (tertiary/aromatic N) is 2. The second-order valence-electron chi connectivity index (χ2n) is 4.80. The van der Waals surface area contributed by atoms with Crippen molar-refractivity contribution in [1.29, 1.82) is 0 Å². The lowest BCUT2D eigenvalue weighted by Crippen LogP contribution is -2.40. The summed E-state index contributed by atoms with van der Waals surface area (Å²) in [5.41, 5.74) is 4.78. The fraction of sp³-hybridized carbons (Fsp3) is 0.800. The zero-order valence-corrected chi connectivity index (χ0v) is 9.53. The molecule has 6 heteroatoms. The Morgan fingerprint density at radius 1 is 1.56 bits per heavy atom. The van der Waals surface area contributed by atoms with E-state index in [2.05, 4.69) is 27.4 Å². The minimum Gasteiger partial charge on any atom is -0.388 e. The smallest absolute Gasteiger partial charge is 0.243 e. The summed E-state index contributed by atoms with van der Waals surface area (Å²) in [6, 6.07) is 0. The number of aromatic amines is 1. The molecule has 5 N–H and O–H groups in total. The van der Waals surface area contributed by atoms with Crippen LogP contribution in [0, 0.1) is 5.92 Å². The molecule has 6 nitrogen and oxygen atoms in total. The maximum atomic E-state index is 10.3. The van der Waals surface area contributed by atoms with E-state index in [1.807, 2.05) is 0 Å². The molecule has 1 aromatic rings. The summed E-state index contributed by atoms with van der Waals surface area (Å²) in [4.78, 5) is 3.93. The number of H-pyrrole nitrogens is 1. The molecule has 0 unspecified atom stereocenters. The molecule has 1 aliphatic carbocycles. The average molecular weight is 225 g/mol. The van der Waals surface area contributed by atoms with Crippen LogP contribution in [0.25, 0.3) is 0 Å². The molecule has 1 aromatic heterocycles. The Morgan fingerprint density at radius 2 is 2.25 bits per heavy atom. The quantitative estimate of drug-likeness (QED) is 0.608. The molecule has 16 heavy (non-hydrogen) atoms. The summed E-state index contributed by atoms with van der Waals surface area (Å²) >= 11 is 0. The van der Waals surface area contributed by atoms with Crippen LogP contribution < -0.4 is 11.1 Å². The van der Waals surface area contributed by atoms with Crippen LogP contribution in [-0.2, 0) is 0 Å². The van der Waals surface area contributed by atoms with Gasteiger partial charge in [0.15, 0.2) is 0 Å². The molecule has 2 rings (SSSR count). The number of nitrogens with one attached hydrogen (secondary N) is 2. The number of nitrogen functional groups attached to an aromatic ring is 1. The Kier molecular flexibility index (Phi) is 3.00. The van der Waals surface area contributed by atoms with Gasteiger partial charge in [0.05, 0.1) is 5.60 Å². The molecule has 0 spiro atoms. The fourth-order valence-electron chi connectivity index (χ4n) is 2.07. The van der Waals surface area contributed by atoms with Gasteiger partial charge in [-0.1, -0.05) is 6.92 Å². The highest BCUT2D eigenvalue weighted by Crippen LogP contribution is 2.31. The second-order valence-corrected chi connectivity index (χ2v) is 4.80. The van der Waals surface area contributed by atoms with Crippen molar-refractivity contribution in [3.05, 3.63) is 0 Å². The molecule has 0 bridgehead atoms. The number of aliphatic hydroxyl groups is 1. The molecule has 1 aliphatic rings. The molecule has 1 heterocycles. The van der Waals surface area contributed by atoms with Gasteiger partial charge in [0.1, 0.15) is 0 Å². The van der Waals surface area contributed by atoms with Crippen LogP contribution >= 0.6 is 0 Å². The number of aromatic nitrogens is 3. The van der Waals surface area contributed by atoms with E-state index in [-0.39, 0.29) is 5.95 Å². The van der Waals surface area contributed by atoms with Gasteiger partial charge in [0, 0.05) is 6.54 Å². The lowest BCUT2D eigenvalue weighted by molar-refractivity contribution is 0.00488. The minimum absolute atomic E-state index is 0.284. The van der Waals surface area contributed by atoms with Crippen molar-refractivity contribution >= 4 is 11.9 Å². The maximum Gasteiger partial charge on any atom is 0.243 e. The summed E-state index contributed by atoms with van der Waals surface area (Å²) in [5, 5.41) is 19.7. The Labute approximate surface area is 94.6 Å². The van der Waals surface area contributed by atoms with Crippen molar-refractivity contribution < 1.29 is 5.11 Å². The first kappa shape index (κ1) is 11.2. The Morgan fingerprint density at radius 3 is 2.81 bits per heavy atom. The van der Waals surface area contributed by atoms with Crippen LogP contribution in [0.4, 0.5) is 11.9 Å². The predicted molar refractivity (Wildman–Crippen MR) is 61.9 cm³/mol. The number of hydrogen-bond donors (Lipinski definition) is 4. The Bertz CT molecular complexity index is 343. The highest BCUT2D eigenvalue weighted by Gasteiger charge is 2.31. The summed E-state index contributed by atoms with van der Waals surface area (Å²) in [5.74, 6) is 1.45. The van der Waals surface area contributed by atoms with Gasteiger partial charge in [-0.2, -0.15) is 4.98 Å². The van der Waals surface area contributed by atoms with Crippen LogP contribution in [0.5, 0.6) is 0 Å². The summed E-state index contributed by atoms with van der Waals surface area (Å²) in [6.07, 6.45) is 3.82. The van der Waals surface area contributed by atoms with Gasteiger partial charge in [-0.15, -0.1) is 5.10 Å². The minimum atomic E-state index is -0.623. The monoisotopic (exact) mass is 225 g/mol. The zero-order valence-electron chi connectivity index (χ0n) is 9.53. The normalized spacial score (nSPS) is 30.2. The van der Waals surface area contributed by atoms with Crippen molar-refractivity contribution in [3.63, 3.8) is 0 Å². The number of hydrogen-bond acceptors (Lipinski definition) is 5. The van der Waals surface area contributed by atoms with Gasteiger partial charge in [-0.3, -0.25) is 0 Å². The third-order valence-electron chi connectivity index (χ3n) is 3.28. The molecule has 0 atom stereocenters. The summed E-state index contributed by atoms with van der Waals surface area (Å²) in [6.45, 7) is 2.71. The molecule has 0 amide bonds. The van der Waals surface area contributed by atoms with Crippen molar-refractivity contribution in [3.8, 4) is 0 Å². The van der Waals surface area contributed by atoms with Crippen molar-refractivity contribution in [2.45, 2.75) is 38.2 Å². The van der Waals surface area contributed by atoms with Crippen LogP contribution in [0.2, 0.25) is 0 Å². The van der Waals surface area contributed by atoms with E-state index in [0.29, 0.717) is 12.5 Å². The van der Waals surface area contributed by atoms with Crippen molar-refractivity contribution in [2.75, 3.05) is 17.6 Å². The Balaban J connectivity index is 1.85. The van der Waals surface area contributed by atoms with Crippen LogP contribution in [0.15, 0.2) is 0 Å². The molecular formula is C10H19N5O. The van der Waals surface area contributed by atoms with Crippen LogP contribution in [-0.4, -0.2) is 32.4 Å². The molecule has 0 aromatic carbocycles. The van der Waals surface area contributed by atoms with Gasteiger partial charge < -0.3 is 16.2 Å². The van der Waals surface area contributed by atoms with Crippen molar-refractivity contribution in [1.82, 2.24) is 15.2 Å². The third-order valence-corrected chi connectivity index (χ3v) is 3.28. The summed E-state index contributed by atoms with van der Waals surface area (Å²) in [7, 11) is 0. The SMILES string of the molecule is CC1CCC(O)(CNc2n[nH]c(N)n2)CC1. The molecule has 0 radical (unpaired) electrons. The molecule has 90 valence electrons. The number of rotatable bonds is 3.